The molecule has 0 saturated heterocycles. The first-order valence-corrected chi connectivity index (χ1v) is 12.3. The number of hydrogen-bond donors (Lipinski definition) is 0. The number of halogens is 1. The minimum atomic E-state index is -3.74. The summed E-state index contributed by atoms with van der Waals surface area (Å²) in [5.74, 6) is 0.249. The predicted octanol–water partition coefficient (Wildman–Crippen LogP) is 4.85. The van der Waals surface area contributed by atoms with E-state index in [2.05, 4.69) is 17.1 Å². The molecular weight excluding hydrogens is 415 g/mol. The summed E-state index contributed by atoms with van der Waals surface area (Å²) in [5, 5.41) is 0. The third kappa shape index (κ3) is 6.80. The highest BCUT2D eigenvalue weighted by molar-refractivity contribution is 7.92. The number of sulfonamides is 1. The maximum atomic E-state index is 13.1. The molecule has 1 aliphatic heterocycles. The number of benzene rings is 2. The van der Waals surface area contributed by atoms with E-state index in [1.807, 2.05) is 0 Å². The van der Waals surface area contributed by atoms with Crippen LogP contribution in [-0.4, -0.2) is 46.6 Å². The molecule has 0 aliphatic carbocycles. The van der Waals surface area contributed by atoms with Crippen molar-refractivity contribution in [1.82, 2.24) is 4.90 Å². The standard InChI is InChI=1S/C24H31FN2O3S/c1-26(31(28,29)24-15-9-21(25)10-16-24)22-11-13-23(14-12-22)30-20-8-3-2-5-17-27-18-6-4-7-19-27/h4,6,9-16H,2-3,5,7-8,17-20H2,1H3. The summed E-state index contributed by atoms with van der Waals surface area (Å²) in [6, 6.07) is 11.8. The molecule has 31 heavy (non-hydrogen) atoms. The molecule has 0 aromatic heterocycles. The predicted molar refractivity (Wildman–Crippen MR) is 123 cm³/mol. The van der Waals surface area contributed by atoms with Crippen molar-refractivity contribution in [3.05, 3.63) is 66.5 Å². The Kier molecular flexibility index (Phi) is 8.49. The van der Waals surface area contributed by atoms with Crippen LogP contribution < -0.4 is 9.04 Å². The molecule has 0 atom stereocenters. The molecule has 168 valence electrons. The fourth-order valence-electron chi connectivity index (χ4n) is 3.53. The first-order chi connectivity index (χ1) is 15.0. The van der Waals surface area contributed by atoms with Crippen molar-refractivity contribution < 1.29 is 17.5 Å². The Morgan fingerprint density at radius 1 is 0.968 bits per heavy atom. The minimum Gasteiger partial charge on any atom is -0.494 e. The van der Waals surface area contributed by atoms with E-state index in [9.17, 15) is 12.8 Å². The smallest absolute Gasteiger partial charge is 0.264 e. The van der Waals surface area contributed by atoms with E-state index in [0.29, 0.717) is 12.3 Å². The number of anilines is 1. The van der Waals surface area contributed by atoms with Crippen LogP contribution in [0.4, 0.5) is 10.1 Å². The Bertz CT molecular complexity index is 944. The fourth-order valence-corrected chi connectivity index (χ4v) is 4.73. The summed E-state index contributed by atoms with van der Waals surface area (Å²) >= 11 is 0. The zero-order chi connectivity index (χ0) is 22.1. The van der Waals surface area contributed by atoms with Crippen LogP contribution >= 0.6 is 0 Å². The Balaban J connectivity index is 1.39. The summed E-state index contributed by atoms with van der Waals surface area (Å²) in [5.41, 5.74) is 0.518. The van der Waals surface area contributed by atoms with E-state index in [-0.39, 0.29) is 4.90 Å². The van der Waals surface area contributed by atoms with E-state index in [0.717, 1.165) is 37.3 Å². The molecule has 0 saturated carbocycles. The zero-order valence-electron chi connectivity index (χ0n) is 18.0. The number of hydrogen-bond acceptors (Lipinski definition) is 4. The monoisotopic (exact) mass is 446 g/mol. The van der Waals surface area contributed by atoms with Crippen LogP contribution in [0.2, 0.25) is 0 Å². The molecule has 0 unspecified atom stereocenters. The number of ether oxygens (including phenoxy) is 1. The van der Waals surface area contributed by atoms with Gasteiger partial charge in [-0.25, -0.2) is 12.8 Å². The summed E-state index contributed by atoms with van der Waals surface area (Å²) < 4.78 is 45.4. The van der Waals surface area contributed by atoms with Crippen molar-refractivity contribution in [3.8, 4) is 5.75 Å². The number of unbranched alkanes of at least 4 members (excludes halogenated alkanes) is 3. The molecule has 3 rings (SSSR count). The third-order valence-corrected chi connectivity index (χ3v) is 7.25. The molecule has 0 amide bonds. The number of nitrogens with zero attached hydrogens (tertiary/aromatic N) is 2. The fraction of sp³-hybridized carbons (Fsp3) is 0.417. The highest BCUT2D eigenvalue weighted by atomic mass is 32.2. The van der Waals surface area contributed by atoms with Gasteiger partial charge in [0.1, 0.15) is 11.6 Å². The second-order valence-electron chi connectivity index (χ2n) is 7.74. The average molecular weight is 447 g/mol. The average Bonchev–Trinajstić information content (AvgIpc) is 2.79. The van der Waals surface area contributed by atoms with Crippen LogP contribution in [0.1, 0.15) is 32.1 Å². The van der Waals surface area contributed by atoms with Crippen molar-refractivity contribution in [1.29, 1.82) is 0 Å². The van der Waals surface area contributed by atoms with Gasteiger partial charge in [0.25, 0.3) is 10.0 Å². The van der Waals surface area contributed by atoms with Gasteiger partial charge in [0.15, 0.2) is 0 Å². The highest BCUT2D eigenvalue weighted by Gasteiger charge is 2.21. The van der Waals surface area contributed by atoms with Gasteiger partial charge >= 0.3 is 0 Å². The quantitative estimate of drug-likeness (QED) is 0.366. The van der Waals surface area contributed by atoms with E-state index in [1.165, 1.54) is 55.8 Å². The maximum absolute atomic E-state index is 13.1. The summed E-state index contributed by atoms with van der Waals surface area (Å²) in [4.78, 5) is 2.54. The maximum Gasteiger partial charge on any atom is 0.264 e. The van der Waals surface area contributed by atoms with Crippen molar-refractivity contribution >= 4 is 15.7 Å². The van der Waals surface area contributed by atoms with Gasteiger partial charge in [0, 0.05) is 20.1 Å². The lowest BCUT2D eigenvalue weighted by Gasteiger charge is -2.22. The Morgan fingerprint density at radius 3 is 2.35 bits per heavy atom. The normalized spacial score (nSPS) is 14.5. The molecule has 0 bridgehead atoms. The van der Waals surface area contributed by atoms with Crippen LogP contribution in [-0.2, 0) is 10.0 Å². The molecule has 2 aromatic carbocycles. The van der Waals surface area contributed by atoms with Gasteiger partial charge in [-0.3, -0.25) is 9.21 Å². The lowest BCUT2D eigenvalue weighted by molar-refractivity contribution is 0.281. The molecule has 0 N–H and O–H groups in total. The lowest BCUT2D eigenvalue weighted by Crippen LogP contribution is -2.28. The van der Waals surface area contributed by atoms with Gasteiger partial charge < -0.3 is 4.74 Å². The van der Waals surface area contributed by atoms with Crippen molar-refractivity contribution in [2.75, 3.05) is 37.6 Å². The zero-order valence-corrected chi connectivity index (χ0v) is 18.9. The van der Waals surface area contributed by atoms with Crippen LogP contribution in [0, 0.1) is 5.82 Å². The highest BCUT2D eigenvalue weighted by Crippen LogP contribution is 2.24. The van der Waals surface area contributed by atoms with Gasteiger partial charge in [-0.15, -0.1) is 0 Å². The van der Waals surface area contributed by atoms with Gasteiger partial charge in [0.2, 0.25) is 0 Å². The van der Waals surface area contributed by atoms with Gasteiger partial charge in [-0.2, -0.15) is 0 Å². The van der Waals surface area contributed by atoms with E-state index < -0.39 is 15.8 Å². The first-order valence-electron chi connectivity index (χ1n) is 10.8. The first kappa shape index (κ1) is 23.3. The van der Waals surface area contributed by atoms with Crippen molar-refractivity contribution in [3.63, 3.8) is 0 Å². The van der Waals surface area contributed by atoms with Crippen LogP contribution in [0.3, 0.4) is 0 Å². The third-order valence-electron chi connectivity index (χ3n) is 5.45. The van der Waals surface area contributed by atoms with Crippen LogP contribution in [0.15, 0.2) is 65.6 Å². The minimum absolute atomic E-state index is 0.0495. The van der Waals surface area contributed by atoms with Crippen LogP contribution in [0.25, 0.3) is 0 Å². The molecule has 0 fully saturated rings. The van der Waals surface area contributed by atoms with Gasteiger partial charge in [0.05, 0.1) is 17.2 Å². The SMILES string of the molecule is CN(c1ccc(OCCCCCCN2CC=CCC2)cc1)S(=O)(=O)c1ccc(F)cc1. The Hall–Kier alpha value is -2.38. The summed E-state index contributed by atoms with van der Waals surface area (Å²) in [7, 11) is -2.26. The topological polar surface area (TPSA) is 49.9 Å². The van der Waals surface area contributed by atoms with Crippen molar-refractivity contribution in [2.24, 2.45) is 0 Å². The van der Waals surface area contributed by atoms with Gasteiger partial charge in [-0.1, -0.05) is 25.0 Å². The Labute approximate surface area is 185 Å². The summed E-state index contributed by atoms with van der Waals surface area (Å²) in [6.07, 6.45) is 10.2. The molecule has 5 nitrogen and oxygen atoms in total. The van der Waals surface area contributed by atoms with Crippen molar-refractivity contribution in [2.45, 2.75) is 37.0 Å². The van der Waals surface area contributed by atoms with E-state index in [4.69, 9.17) is 4.74 Å². The molecule has 1 heterocycles. The Morgan fingerprint density at radius 2 is 1.68 bits per heavy atom. The largest absolute Gasteiger partial charge is 0.494 e. The lowest BCUT2D eigenvalue weighted by atomic mass is 10.1. The molecule has 2 aromatic rings. The van der Waals surface area contributed by atoms with Gasteiger partial charge in [-0.05, 0) is 74.3 Å². The van der Waals surface area contributed by atoms with E-state index in [1.54, 1.807) is 24.3 Å². The molecule has 1 aliphatic rings. The molecule has 0 spiro atoms. The summed E-state index contributed by atoms with van der Waals surface area (Å²) in [6.45, 7) is 4.08. The second kappa shape index (κ2) is 11.3. The molecule has 0 radical (unpaired) electrons. The second-order valence-corrected chi connectivity index (χ2v) is 9.71. The molecule has 7 heteroatoms. The van der Waals surface area contributed by atoms with E-state index >= 15 is 0 Å². The molecular formula is C24H31FN2O3S. The van der Waals surface area contributed by atoms with Crippen LogP contribution in [0.5, 0.6) is 5.75 Å². The number of rotatable bonds is 11.